The van der Waals surface area contributed by atoms with E-state index in [0.29, 0.717) is 10.5 Å². The van der Waals surface area contributed by atoms with Crippen LogP contribution >= 0.6 is 11.8 Å². The fourth-order valence-corrected chi connectivity index (χ4v) is 1.55. The smallest absolute Gasteiger partial charge is 0.204 e. The summed E-state index contributed by atoms with van der Waals surface area (Å²) in [6.07, 6.45) is 0. The second-order valence-electron chi connectivity index (χ2n) is 1.99. The van der Waals surface area contributed by atoms with Crippen LogP contribution in [0.3, 0.4) is 0 Å². The molecule has 1 aromatic carbocycles. The molecule has 0 radical (unpaired) electrons. The first-order valence-electron chi connectivity index (χ1n) is 3.28. The molecule has 1 nitrogen and oxygen atoms in total. The number of hydrogen-bond acceptors (Lipinski definition) is 2. The maximum atomic E-state index is 5.06. The second kappa shape index (κ2) is 4.26. The van der Waals surface area contributed by atoms with Gasteiger partial charge in [0, 0.05) is 4.90 Å². The van der Waals surface area contributed by atoms with Crippen molar-refractivity contribution in [3.8, 4) is 0 Å². The molecule has 0 unspecified atom stereocenters. The highest BCUT2D eigenvalue weighted by Crippen LogP contribution is 2.24. The molecule has 11 heavy (non-hydrogen) atoms. The van der Waals surface area contributed by atoms with E-state index in [1.54, 1.807) is 11.8 Å². The van der Waals surface area contributed by atoms with E-state index in [1.165, 1.54) is 4.90 Å². The summed E-state index contributed by atoms with van der Waals surface area (Å²) < 4.78 is 5.06. The van der Waals surface area contributed by atoms with Crippen LogP contribution in [-0.2, 0) is 4.43 Å². The van der Waals surface area contributed by atoms with Crippen LogP contribution in [0.4, 0.5) is 0 Å². The maximum Gasteiger partial charge on any atom is 0.204 e. The minimum atomic E-state index is 0.713. The third kappa shape index (κ3) is 2.82. The van der Waals surface area contributed by atoms with E-state index >= 15 is 0 Å². The number of rotatable bonds is 3. The fourth-order valence-electron chi connectivity index (χ4n) is 0.662. The molecule has 0 amide bonds. The van der Waals surface area contributed by atoms with Gasteiger partial charge in [0.25, 0.3) is 0 Å². The first-order valence-corrected chi connectivity index (χ1v) is 4.92. The van der Waals surface area contributed by atoms with Crippen LogP contribution in [0.25, 0.3) is 0 Å². The van der Waals surface area contributed by atoms with Gasteiger partial charge in [-0.3, -0.25) is 0 Å². The van der Waals surface area contributed by atoms with Gasteiger partial charge in [-0.25, -0.2) is 0 Å². The second-order valence-corrected chi connectivity index (χ2v) is 3.53. The van der Waals surface area contributed by atoms with Crippen LogP contribution in [0, 0.1) is 0 Å². The van der Waals surface area contributed by atoms with Crippen LogP contribution in [0.5, 0.6) is 0 Å². The average Bonchev–Trinajstić information content (AvgIpc) is 2.06. The van der Waals surface area contributed by atoms with Crippen molar-refractivity contribution in [2.24, 2.45) is 0 Å². The molecule has 0 fully saturated rings. The van der Waals surface area contributed by atoms with E-state index in [1.807, 2.05) is 30.3 Å². The van der Waals surface area contributed by atoms with E-state index in [0.717, 1.165) is 5.09 Å². The number of benzene rings is 1. The quantitative estimate of drug-likeness (QED) is 0.398. The predicted octanol–water partition coefficient (Wildman–Crippen LogP) is 1.55. The zero-order valence-electron chi connectivity index (χ0n) is 6.41. The van der Waals surface area contributed by atoms with Crippen molar-refractivity contribution in [2.45, 2.75) is 4.90 Å². The van der Waals surface area contributed by atoms with Gasteiger partial charge in [-0.05, 0) is 12.1 Å². The zero-order chi connectivity index (χ0) is 8.10. The molecule has 0 spiro atoms. The SMILES string of the molecule is C=C(O[SiH3])Sc1ccccc1. The Balaban J connectivity index is 2.58. The summed E-state index contributed by atoms with van der Waals surface area (Å²) in [5, 5.41) is 0.780. The van der Waals surface area contributed by atoms with Gasteiger partial charge in [-0.2, -0.15) is 0 Å². The van der Waals surface area contributed by atoms with Gasteiger partial charge in [0.15, 0.2) is 0 Å². The Kier molecular flexibility index (Phi) is 3.26. The summed E-state index contributed by atoms with van der Waals surface area (Å²) >= 11 is 1.56. The third-order valence-electron chi connectivity index (χ3n) is 1.20. The van der Waals surface area contributed by atoms with E-state index in [4.69, 9.17) is 4.43 Å². The monoisotopic (exact) mass is 182 g/mol. The first-order chi connectivity index (χ1) is 5.33. The Morgan fingerprint density at radius 3 is 2.55 bits per heavy atom. The lowest BCUT2D eigenvalue weighted by molar-refractivity contribution is 0.520. The molecule has 0 heterocycles. The van der Waals surface area contributed by atoms with Gasteiger partial charge in [0.05, 0.1) is 0 Å². The van der Waals surface area contributed by atoms with Crippen LogP contribution in [0.1, 0.15) is 0 Å². The molecule has 0 aliphatic carbocycles. The first kappa shape index (κ1) is 8.42. The molecular weight excluding hydrogens is 172 g/mol. The largest absolute Gasteiger partial charge is 0.549 e. The van der Waals surface area contributed by atoms with E-state index in [-0.39, 0.29) is 0 Å². The highest BCUT2D eigenvalue weighted by Gasteiger charge is 1.93. The number of hydrogen-bond donors (Lipinski definition) is 0. The van der Waals surface area contributed by atoms with Crippen molar-refractivity contribution in [2.75, 3.05) is 0 Å². The molecule has 0 aliphatic heterocycles. The van der Waals surface area contributed by atoms with E-state index in [9.17, 15) is 0 Å². The average molecular weight is 182 g/mol. The zero-order valence-corrected chi connectivity index (χ0v) is 9.23. The molecule has 1 rings (SSSR count). The Morgan fingerprint density at radius 1 is 1.36 bits per heavy atom. The minimum absolute atomic E-state index is 0.713. The molecule has 58 valence electrons. The van der Waals surface area contributed by atoms with Gasteiger partial charge in [-0.15, -0.1) is 0 Å². The lowest BCUT2D eigenvalue weighted by Crippen LogP contribution is -1.78. The Bertz CT molecular complexity index is 235. The van der Waals surface area contributed by atoms with Gasteiger partial charge in [0.2, 0.25) is 10.5 Å². The fraction of sp³-hybridized carbons (Fsp3) is 0. The van der Waals surface area contributed by atoms with Crippen molar-refractivity contribution in [3.05, 3.63) is 42.0 Å². The normalized spacial score (nSPS) is 9.45. The van der Waals surface area contributed by atoms with Crippen molar-refractivity contribution >= 4 is 22.2 Å². The van der Waals surface area contributed by atoms with Gasteiger partial charge < -0.3 is 4.43 Å². The van der Waals surface area contributed by atoms with Crippen LogP contribution in [0.2, 0.25) is 0 Å². The van der Waals surface area contributed by atoms with E-state index < -0.39 is 0 Å². The summed E-state index contributed by atoms with van der Waals surface area (Å²) in [5.41, 5.74) is 0. The minimum Gasteiger partial charge on any atom is -0.549 e. The molecular formula is C8H10OSSi. The lowest BCUT2D eigenvalue weighted by Gasteiger charge is -2.02. The summed E-state index contributed by atoms with van der Waals surface area (Å²) in [6, 6.07) is 10.1. The summed E-state index contributed by atoms with van der Waals surface area (Å²) in [5.74, 6) is 0. The molecule has 0 atom stereocenters. The molecule has 1 aromatic rings. The Labute approximate surface area is 74.0 Å². The Morgan fingerprint density at radius 2 is 2.00 bits per heavy atom. The van der Waals surface area contributed by atoms with Gasteiger partial charge >= 0.3 is 0 Å². The molecule has 3 heteroatoms. The highest BCUT2D eigenvalue weighted by molar-refractivity contribution is 8.02. The number of thioether (sulfide) groups is 1. The molecule has 0 aromatic heterocycles. The Hall–Kier alpha value is -0.673. The standard InChI is InChI=1S/C8H10OSSi/c1-7(9-11)10-8-5-3-2-4-6-8/h2-6H,1H2,11H3. The van der Waals surface area contributed by atoms with Crippen molar-refractivity contribution in [3.63, 3.8) is 0 Å². The molecule has 0 aliphatic rings. The predicted molar refractivity (Wildman–Crippen MR) is 52.5 cm³/mol. The van der Waals surface area contributed by atoms with Crippen LogP contribution in [0.15, 0.2) is 46.9 Å². The van der Waals surface area contributed by atoms with E-state index in [2.05, 4.69) is 6.58 Å². The molecule has 0 bridgehead atoms. The van der Waals surface area contributed by atoms with Crippen LogP contribution < -0.4 is 0 Å². The van der Waals surface area contributed by atoms with Gasteiger partial charge in [-0.1, -0.05) is 36.5 Å². The third-order valence-corrected chi connectivity index (χ3v) is 2.89. The topological polar surface area (TPSA) is 9.23 Å². The van der Waals surface area contributed by atoms with Crippen LogP contribution in [-0.4, -0.2) is 10.5 Å². The summed E-state index contributed by atoms with van der Waals surface area (Å²) in [7, 11) is 0.713. The lowest BCUT2D eigenvalue weighted by atomic mass is 10.4. The maximum absolute atomic E-state index is 5.06. The van der Waals surface area contributed by atoms with Crippen molar-refractivity contribution < 1.29 is 4.43 Å². The highest BCUT2D eigenvalue weighted by atomic mass is 32.2. The van der Waals surface area contributed by atoms with Crippen molar-refractivity contribution in [1.82, 2.24) is 0 Å². The van der Waals surface area contributed by atoms with Gasteiger partial charge in [0.1, 0.15) is 5.09 Å². The molecule has 0 saturated carbocycles. The summed E-state index contributed by atoms with van der Waals surface area (Å²) in [6.45, 7) is 3.74. The molecule has 0 saturated heterocycles. The van der Waals surface area contributed by atoms with Crippen molar-refractivity contribution in [1.29, 1.82) is 0 Å². The molecule has 0 N–H and O–H groups in total. The summed E-state index contributed by atoms with van der Waals surface area (Å²) in [4.78, 5) is 1.17.